The predicted octanol–water partition coefficient (Wildman–Crippen LogP) is 15.4. The molecule has 0 amide bonds. The van der Waals surface area contributed by atoms with E-state index in [1.807, 2.05) is 11.8 Å². The summed E-state index contributed by atoms with van der Waals surface area (Å²) >= 11 is 1.82. The molecule has 0 aliphatic heterocycles. The van der Waals surface area contributed by atoms with Gasteiger partial charge in [0.1, 0.15) is 11.9 Å². The molecule has 0 aliphatic rings. The zero-order valence-corrected chi connectivity index (χ0v) is 38.4. The van der Waals surface area contributed by atoms with Crippen LogP contribution in [0.4, 0.5) is 105 Å². The smallest absolute Gasteiger partial charge is 0.194 e. The van der Waals surface area contributed by atoms with Crippen LogP contribution >= 0.6 is 11.8 Å². The van der Waals surface area contributed by atoms with Crippen molar-refractivity contribution in [1.82, 2.24) is 0 Å². The van der Waals surface area contributed by atoms with Crippen LogP contribution in [0.1, 0.15) is 50.1 Å². The predicted molar refractivity (Wildman–Crippen MR) is 230 cm³/mol. The topological polar surface area (TPSA) is 0 Å². The Kier molecular flexibility index (Phi) is 16.7. The van der Waals surface area contributed by atoms with E-state index in [9.17, 15) is 105 Å². The summed E-state index contributed by atoms with van der Waals surface area (Å²) in [6, 6.07) is 10.6. The molecule has 6 rings (SSSR count). The maximum Gasteiger partial charge on any atom is 0.416 e. The normalized spacial score (nSPS) is 13.5. The largest absolute Gasteiger partial charge is 0.416 e. The van der Waals surface area contributed by atoms with Gasteiger partial charge in [0, 0.05) is 15.4 Å². The summed E-state index contributed by atoms with van der Waals surface area (Å²) in [7, 11) is 0.482. The molecule has 0 unspecified atom stereocenters. The number of hydrogen-bond donors (Lipinski definition) is 0. The molecule has 6 aromatic carbocycles. The van der Waals surface area contributed by atoms with Crippen LogP contribution in [0.25, 0.3) is 0 Å². The first-order valence-electron chi connectivity index (χ1n) is 20.2. The molecule has 0 N–H and O–H groups in total. The maximum absolute atomic E-state index is 14.2. The van der Waals surface area contributed by atoms with Crippen molar-refractivity contribution in [2.75, 3.05) is 12.5 Å². The summed E-state index contributed by atoms with van der Waals surface area (Å²) < 4.78 is 341. The summed E-state index contributed by atoms with van der Waals surface area (Å²) in [5.41, 5.74) is -28.8. The van der Waals surface area contributed by atoms with Gasteiger partial charge in [-0.25, -0.2) is 0 Å². The Hall–Kier alpha value is -5.60. The fourth-order valence-electron chi connectivity index (χ4n) is 7.68. The fourth-order valence-corrected chi connectivity index (χ4v) is 9.38. The second kappa shape index (κ2) is 20.8. The molecule has 0 atom stereocenters. The lowest BCUT2D eigenvalue weighted by Crippen LogP contribution is -2.75. The molecule has 0 saturated carbocycles. The van der Waals surface area contributed by atoms with Crippen LogP contribution in [0.15, 0.2) is 137 Å². The number of halogens is 24. The maximum atomic E-state index is 14.2. The minimum Gasteiger partial charge on any atom is -0.194 e. The number of alkyl halides is 24. The van der Waals surface area contributed by atoms with Crippen molar-refractivity contribution >= 4 is 50.7 Å². The van der Waals surface area contributed by atoms with Gasteiger partial charge < -0.3 is 0 Å². The van der Waals surface area contributed by atoms with E-state index in [1.165, 1.54) is 21.1 Å². The Bertz CT molecular complexity index is 2470. The van der Waals surface area contributed by atoms with E-state index >= 15 is 0 Å². The van der Waals surface area contributed by atoms with Crippen molar-refractivity contribution in [1.29, 1.82) is 0 Å². The van der Waals surface area contributed by atoms with Gasteiger partial charge in [0.05, 0.1) is 57.0 Å². The zero-order valence-electron chi connectivity index (χ0n) is 36.8. The second-order valence-corrected chi connectivity index (χ2v) is 19.8. The van der Waals surface area contributed by atoms with Crippen molar-refractivity contribution in [2.45, 2.75) is 65.0 Å². The van der Waals surface area contributed by atoms with Gasteiger partial charge >= 0.3 is 49.4 Å². The van der Waals surface area contributed by atoms with E-state index in [-0.39, 0.29) is 0 Å². The molecule has 0 aliphatic carbocycles. The van der Waals surface area contributed by atoms with Crippen LogP contribution in [0.3, 0.4) is 0 Å². The first-order chi connectivity index (χ1) is 33.5. The first kappa shape index (κ1) is 59.3. The summed E-state index contributed by atoms with van der Waals surface area (Å²) in [6.45, 7) is 0. The molecule has 400 valence electrons. The molecular weight excluding hydrogens is 1100 g/mol. The minimum absolute atomic E-state index is 0.482. The van der Waals surface area contributed by atoms with Crippen molar-refractivity contribution in [3.8, 4) is 0 Å². The monoisotopic (exact) mass is 1120 g/mol. The van der Waals surface area contributed by atoms with Crippen molar-refractivity contribution in [2.24, 2.45) is 0 Å². The number of hydrogen-bond acceptors (Lipinski definition) is 1. The average Bonchev–Trinajstić information content (AvgIpc) is 3.25. The highest BCUT2D eigenvalue weighted by molar-refractivity contribution is 7.99. The molecule has 6 aromatic rings. The van der Waals surface area contributed by atoms with E-state index in [1.54, 1.807) is 0 Å². The molecule has 0 spiro atoms. The summed E-state index contributed by atoms with van der Waals surface area (Å²) in [4.78, 5) is 2.61. The van der Waals surface area contributed by atoms with Gasteiger partial charge in [-0.1, -0.05) is 90.6 Å². The second-order valence-electron chi connectivity index (χ2n) is 16.4. The Morgan fingerprint density at radius 2 is 0.527 bits per heavy atom. The van der Waals surface area contributed by atoms with E-state index in [0.717, 1.165) is 0 Å². The average molecular weight is 1120 g/mol. The van der Waals surface area contributed by atoms with Gasteiger partial charge in [0.15, 0.2) is 0 Å². The Labute approximate surface area is 410 Å². The number of rotatable bonds is 8. The van der Waals surface area contributed by atoms with E-state index in [2.05, 4.69) is 67.1 Å². The molecule has 0 heterocycles. The lowest BCUT2D eigenvalue weighted by molar-refractivity contribution is -0.144. The van der Waals surface area contributed by atoms with Gasteiger partial charge in [-0.05, 0) is 59.4 Å². The standard InChI is InChI=1S/C32H12BF24.C15H17S2/c34-25(35,36)13-1-14(26(37,38)39)6-21(5-13)33(22-7-15(27(40,41)42)2-16(8-22)28(43,44)45,23-9-17(29(46,47)48)3-18(10-23)30(49,50)51)24-11-19(31(52,53)54)4-20(12-24)32(55,56)57;1-17(2)12-13-8-10-15(11-9-13)16-14-6-4-3-5-7-14/h1-12H;3-11H,12H2,1-2H3/q-1;+1. The highest BCUT2D eigenvalue weighted by Gasteiger charge is 2.47. The third-order valence-corrected chi connectivity index (χ3v) is 12.7. The van der Waals surface area contributed by atoms with Gasteiger partial charge in [0.2, 0.25) is 0 Å². The minimum atomic E-state index is -6.13. The Morgan fingerprint density at radius 1 is 0.311 bits per heavy atom. The van der Waals surface area contributed by atoms with E-state index in [4.69, 9.17) is 0 Å². The first-order valence-corrected chi connectivity index (χ1v) is 23.2. The van der Waals surface area contributed by atoms with Gasteiger partial charge in [-0.3, -0.25) is 0 Å². The van der Waals surface area contributed by atoms with Crippen LogP contribution in [-0.4, -0.2) is 18.7 Å². The molecule has 74 heavy (non-hydrogen) atoms. The van der Waals surface area contributed by atoms with E-state index < -0.39 is 195 Å². The zero-order chi connectivity index (χ0) is 56.0. The van der Waals surface area contributed by atoms with Crippen LogP contribution in [0, 0.1) is 0 Å². The number of benzene rings is 6. The molecule has 0 bridgehead atoms. The SMILES string of the molecule is C[S+](C)Cc1ccc(Sc2ccccc2)cc1.FC(F)(F)c1cc([B-](c2cc(C(F)(F)F)cc(C(F)(F)F)c2)(c2cc(C(F)(F)F)cc(C(F)(F)F)c2)c2cc(C(F)(F)F)cc(C(F)(F)F)c2)cc(C(F)(F)F)c1. The van der Waals surface area contributed by atoms with E-state index in [0.29, 0.717) is 10.9 Å². The fraction of sp³-hybridized carbons (Fsp3) is 0.234. The summed E-state index contributed by atoms with van der Waals surface area (Å²) in [5.74, 6) is 1.19. The quantitative estimate of drug-likeness (QED) is 0.0832. The highest BCUT2D eigenvalue weighted by Crippen LogP contribution is 2.41. The third kappa shape index (κ3) is 14.4. The molecule has 0 aromatic heterocycles. The van der Waals surface area contributed by atoms with Crippen LogP contribution in [0.5, 0.6) is 0 Å². The lowest BCUT2D eigenvalue weighted by atomic mass is 9.12. The lowest BCUT2D eigenvalue weighted by Gasteiger charge is -2.46. The molecule has 0 fully saturated rings. The third-order valence-electron chi connectivity index (χ3n) is 10.8. The summed E-state index contributed by atoms with van der Waals surface area (Å²) in [6.07, 6.45) is -50.2. The summed E-state index contributed by atoms with van der Waals surface area (Å²) in [5, 5.41) is 0. The van der Waals surface area contributed by atoms with Crippen LogP contribution in [-0.2, 0) is 66.1 Å². The van der Waals surface area contributed by atoms with Crippen LogP contribution in [0.2, 0.25) is 0 Å². The molecule has 0 saturated heterocycles. The van der Waals surface area contributed by atoms with Crippen LogP contribution < -0.4 is 21.9 Å². The molecule has 0 nitrogen and oxygen atoms in total. The van der Waals surface area contributed by atoms with Crippen molar-refractivity contribution < 1.29 is 105 Å². The molecular formula is C47H29BF24S2. The van der Waals surface area contributed by atoms with Gasteiger partial charge in [-0.2, -0.15) is 127 Å². The van der Waals surface area contributed by atoms with Crippen molar-refractivity contribution in [3.05, 3.63) is 177 Å². The Balaban J connectivity index is 0.000000500. The highest BCUT2D eigenvalue weighted by atomic mass is 32.2. The Morgan fingerprint density at radius 3 is 0.730 bits per heavy atom. The molecule has 27 heteroatoms. The van der Waals surface area contributed by atoms with Gasteiger partial charge in [-0.15, -0.1) is 0 Å². The van der Waals surface area contributed by atoms with Gasteiger partial charge in [0.25, 0.3) is 0 Å². The molecule has 0 radical (unpaired) electrons. The van der Waals surface area contributed by atoms with Crippen molar-refractivity contribution in [3.63, 3.8) is 0 Å².